The van der Waals surface area contributed by atoms with Crippen molar-refractivity contribution in [2.24, 2.45) is 10.7 Å². The first-order valence-corrected chi connectivity index (χ1v) is 6.84. The second-order valence-electron chi connectivity index (χ2n) is 4.54. The van der Waals surface area contributed by atoms with Crippen molar-refractivity contribution in [3.05, 3.63) is 53.3 Å². The molecule has 0 unspecified atom stereocenters. The van der Waals surface area contributed by atoms with Crippen molar-refractivity contribution in [3.63, 3.8) is 0 Å². The minimum absolute atomic E-state index is 0.226. The predicted molar refractivity (Wildman–Crippen MR) is 93.8 cm³/mol. The smallest absolute Gasteiger partial charge is 0.132 e. The number of hydrogen-bond acceptors (Lipinski definition) is 4. The van der Waals surface area contributed by atoms with E-state index < -0.39 is 0 Å². The fourth-order valence-corrected chi connectivity index (χ4v) is 1.88. The van der Waals surface area contributed by atoms with Crippen LogP contribution in [0.4, 0.5) is 5.69 Å². The molecule has 0 aromatic heterocycles. The van der Waals surface area contributed by atoms with Gasteiger partial charge in [-0.05, 0) is 31.2 Å². The van der Waals surface area contributed by atoms with Gasteiger partial charge in [0.25, 0.3) is 0 Å². The van der Waals surface area contributed by atoms with Crippen LogP contribution in [0.3, 0.4) is 0 Å². The second kappa shape index (κ2) is 8.41. The zero-order chi connectivity index (χ0) is 16.5. The number of benzene rings is 1. The molecule has 6 nitrogen and oxygen atoms in total. The molecule has 0 bridgehead atoms. The largest absolute Gasteiger partial charge is 0.398 e. The van der Waals surface area contributed by atoms with E-state index in [0.29, 0.717) is 28.9 Å². The summed E-state index contributed by atoms with van der Waals surface area (Å²) in [6, 6.07) is 5.14. The summed E-state index contributed by atoms with van der Waals surface area (Å²) in [5, 5.41) is 18.2. The Labute approximate surface area is 130 Å². The normalized spacial score (nSPS) is 12.5. The molecule has 0 amide bonds. The Kier molecular flexibility index (Phi) is 6.56. The highest BCUT2D eigenvalue weighted by Crippen LogP contribution is 2.17. The Balaban J connectivity index is 3.05. The summed E-state index contributed by atoms with van der Waals surface area (Å²) in [6.45, 7) is 1.93. The van der Waals surface area contributed by atoms with Crippen LogP contribution in [0.1, 0.15) is 24.5 Å². The van der Waals surface area contributed by atoms with Crippen LogP contribution in [0, 0.1) is 10.8 Å². The van der Waals surface area contributed by atoms with Crippen LogP contribution in [0.5, 0.6) is 0 Å². The number of likely N-dealkylation sites (N-methyl/N-ethyl adjacent to an activating group) is 1. The van der Waals surface area contributed by atoms with Crippen molar-refractivity contribution in [1.29, 1.82) is 10.8 Å². The quantitative estimate of drug-likeness (QED) is 0.229. The van der Waals surface area contributed by atoms with Gasteiger partial charge in [0.1, 0.15) is 12.2 Å². The monoisotopic (exact) mass is 298 g/mol. The molecule has 0 aliphatic rings. The summed E-state index contributed by atoms with van der Waals surface area (Å²) < 4.78 is 0. The highest BCUT2D eigenvalue weighted by atomic mass is 14.9. The Morgan fingerprint density at radius 1 is 1.41 bits per heavy atom. The summed E-state index contributed by atoms with van der Waals surface area (Å²) in [7, 11) is 1.83. The van der Waals surface area contributed by atoms with Gasteiger partial charge in [-0.15, -0.1) is 0 Å². The molecule has 0 radical (unpaired) electrons. The number of aliphatic imine (C=N–C) groups is 1. The van der Waals surface area contributed by atoms with Crippen LogP contribution in [0.15, 0.2) is 47.1 Å². The molecule has 1 rings (SSSR count). The van der Waals surface area contributed by atoms with Gasteiger partial charge < -0.3 is 22.2 Å². The molecular weight excluding hydrogens is 276 g/mol. The molecule has 0 atom stereocenters. The molecule has 0 heterocycles. The minimum atomic E-state index is 0.226. The number of nitrogen functional groups attached to an aromatic ring is 1. The van der Waals surface area contributed by atoms with E-state index >= 15 is 0 Å². The Morgan fingerprint density at radius 3 is 2.73 bits per heavy atom. The van der Waals surface area contributed by atoms with Gasteiger partial charge in [-0.1, -0.05) is 12.2 Å². The topological polar surface area (TPSA) is 124 Å². The summed E-state index contributed by atoms with van der Waals surface area (Å²) in [6.07, 6.45) is 7.10. The molecule has 0 aliphatic carbocycles. The minimum Gasteiger partial charge on any atom is -0.398 e. The van der Waals surface area contributed by atoms with Gasteiger partial charge in [-0.3, -0.25) is 5.41 Å². The van der Waals surface area contributed by atoms with E-state index in [1.54, 1.807) is 18.2 Å². The SMILES string of the molecule is C/C=C\C(=C/CC(=N)c1cc(C(N)=NC=N)ccc1N)NC. The lowest BCUT2D eigenvalue weighted by atomic mass is 10.0. The number of anilines is 1. The molecule has 6 heteroatoms. The van der Waals surface area contributed by atoms with Gasteiger partial charge in [0.2, 0.25) is 0 Å². The molecule has 116 valence electrons. The third-order valence-corrected chi connectivity index (χ3v) is 3.04. The maximum absolute atomic E-state index is 8.21. The number of nitrogens with zero attached hydrogens (tertiary/aromatic N) is 1. The fraction of sp³-hybridized carbons (Fsp3) is 0.188. The van der Waals surface area contributed by atoms with E-state index in [1.165, 1.54) is 0 Å². The number of nitrogens with one attached hydrogen (secondary N) is 3. The van der Waals surface area contributed by atoms with Crippen molar-refractivity contribution in [1.82, 2.24) is 5.32 Å². The summed E-state index contributed by atoms with van der Waals surface area (Å²) in [5.74, 6) is 0.226. The molecule has 0 aliphatic heterocycles. The van der Waals surface area contributed by atoms with Crippen molar-refractivity contribution >= 4 is 23.6 Å². The van der Waals surface area contributed by atoms with E-state index in [0.717, 1.165) is 12.0 Å². The number of hydrogen-bond donors (Lipinski definition) is 5. The van der Waals surface area contributed by atoms with Crippen LogP contribution in [0.25, 0.3) is 0 Å². The van der Waals surface area contributed by atoms with E-state index in [2.05, 4.69) is 10.3 Å². The summed E-state index contributed by atoms with van der Waals surface area (Å²) >= 11 is 0. The van der Waals surface area contributed by atoms with E-state index in [9.17, 15) is 0 Å². The van der Waals surface area contributed by atoms with E-state index in [1.807, 2.05) is 32.2 Å². The maximum atomic E-state index is 8.21. The molecule has 0 fully saturated rings. The maximum Gasteiger partial charge on any atom is 0.132 e. The fourth-order valence-electron chi connectivity index (χ4n) is 1.88. The Hall–Kier alpha value is -2.89. The van der Waals surface area contributed by atoms with Gasteiger partial charge in [-0.25, -0.2) is 4.99 Å². The Morgan fingerprint density at radius 2 is 2.14 bits per heavy atom. The number of nitrogens with two attached hydrogens (primary N) is 2. The van der Waals surface area contributed by atoms with E-state index in [4.69, 9.17) is 22.3 Å². The zero-order valence-electron chi connectivity index (χ0n) is 12.9. The van der Waals surface area contributed by atoms with Crippen molar-refractivity contribution in [3.8, 4) is 0 Å². The van der Waals surface area contributed by atoms with Crippen LogP contribution in [-0.4, -0.2) is 24.9 Å². The first kappa shape index (κ1) is 17.2. The summed E-state index contributed by atoms with van der Waals surface area (Å²) in [5.41, 5.74) is 14.8. The first-order valence-electron chi connectivity index (χ1n) is 6.84. The summed E-state index contributed by atoms with van der Waals surface area (Å²) in [4.78, 5) is 3.73. The molecule has 1 aromatic carbocycles. The van der Waals surface area contributed by atoms with E-state index in [-0.39, 0.29) is 5.84 Å². The van der Waals surface area contributed by atoms with Crippen LogP contribution in [0.2, 0.25) is 0 Å². The standard InChI is InChI=1S/C16H22N6/c1-3-4-12(21-2)6-8-15(19)13-9-11(5-7-14(13)18)16(20)22-10-17/h3-7,9-10,19,21H,8,18H2,1-2H3,(H3,17,20,22)/b4-3-,12-6+,19-15?. The van der Waals surface area contributed by atoms with Crippen molar-refractivity contribution in [2.75, 3.05) is 12.8 Å². The average molecular weight is 298 g/mol. The van der Waals surface area contributed by atoms with Crippen LogP contribution >= 0.6 is 0 Å². The molecule has 0 saturated heterocycles. The number of allylic oxidation sites excluding steroid dienone is 3. The molecular formula is C16H22N6. The van der Waals surface area contributed by atoms with Gasteiger partial charge in [0.15, 0.2) is 0 Å². The van der Waals surface area contributed by atoms with Crippen molar-refractivity contribution < 1.29 is 0 Å². The lowest BCUT2D eigenvalue weighted by molar-refractivity contribution is 1.02. The van der Waals surface area contributed by atoms with Gasteiger partial charge >= 0.3 is 0 Å². The first-order chi connectivity index (χ1) is 10.5. The number of rotatable bonds is 7. The Bertz CT molecular complexity index is 640. The van der Waals surface area contributed by atoms with Crippen LogP contribution < -0.4 is 16.8 Å². The predicted octanol–water partition coefficient (Wildman–Crippen LogP) is 2.02. The highest BCUT2D eigenvalue weighted by Gasteiger charge is 2.08. The zero-order valence-corrected chi connectivity index (χ0v) is 12.9. The van der Waals surface area contributed by atoms with Gasteiger partial charge in [0.05, 0.1) is 0 Å². The van der Waals surface area contributed by atoms with Crippen molar-refractivity contribution in [2.45, 2.75) is 13.3 Å². The van der Waals surface area contributed by atoms with Gasteiger partial charge in [-0.2, -0.15) is 0 Å². The third kappa shape index (κ3) is 4.59. The van der Waals surface area contributed by atoms with Gasteiger partial charge in [0, 0.05) is 41.7 Å². The lowest BCUT2D eigenvalue weighted by Crippen LogP contribution is -2.15. The average Bonchev–Trinajstić information content (AvgIpc) is 2.51. The number of amidine groups is 1. The molecule has 7 N–H and O–H groups in total. The third-order valence-electron chi connectivity index (χ3n) is 3.04. The molecule has 0 saturated carbocycles. The molecule has 22 heavy (non-hydrogen) atoms. The lowest BCUT2D eigenvalue weighted by Gasteiger charge is -2.09. The molecule has 1 aromatic rings. The highest BCUT2D eigenvalue weighted by molar-refractivity contribution is 6.07. The second-order valence-corrected chi connectivity index (χ2v) is 4.54. The van der Waals surface area contributed by atoms with Crippen LogP contribution in [-0.2, 0) is 0 Å². The molecule has 0 spiro atoms.